The van der Waals surface area contributed by atoms with Gasteiger partial charge in [0.15, 0.2) is 0 Å². The summed E-state index contributed by atoms with van der Waals surface area (Å²) in [6.45, 7) is 4.90. The molecule has 0 saturated heterocycles. The Kier molecular flexibility index (Phi) is 3.88. The van der Waals surface area contributed by atoms with E-state index in [1.165, 1.54) is 0 Å². The van der Waals surface area contributed by atoms with E-state index in [0.717, 1.165) is 19.4 Å². The number of hydrogen-bond acceptors (Lipinski definition) is 5. The smallest absolute Gasteiger partial charge is 0.317 e. The van der Waals surface area contributed by atoms with Gasteiger partial charge in [-0.05, 0) is 13.3 Å². The summed E-state index contributed by atoms with van der Waals surface area (Å²) in [6, 6.07) is 0.349. The van der Waals surface area contributed by atoms with Crippen LogP contribution in [0.5, 0.6) is 0 Å². The van der Waals surface area contributed by atoms with Crippen molar-refractivity contribution in [3.63, 3.8) is 0 Å². The number of rotatable bonds is 5. The van der Waals surface area contributed by atoms with Gasteiger partial charge in [-0.3, -0.25) is 0 Å². The van der Waals surface area contributed by atoms with Crippen molar-refractivity contribution in [3.05, 3.63) is 5.89 Å². The molecule has 0 spiro atoms. The molecule has 0 fully saturated rings. The maximum atomic E-state index is 5.61. The Morgan fingerprint density at radius 3 is 2.71 bits per heavy atom. The first-order valence-corrected chi connectivity index (χ1v) is 4.95. The Morgan fingerprint density at radius 1 is 1.50 bits per heavy atom. The molecule has 0 saturated carbocycles. The molecule has 5 nitrogen and oxygen atoms in total. The molecule has 2 N–H and O–H groups in total. The highest BCUT2D eigenvalue weighted by Gasteiger charge is 2.12. The normalized spacial score (nSPS) is 12.9. The third kappa shape index (κ3) is 2.70. The van der Waals surface area contributed by atoms with Crippen molar-refractivity contribution in [2.45, 2.75) is 32.7 Å². The van der Waals surface area contributed by atoms with Crippen molar-refractivity contribution in [1.29, 1.82) is 0 Å². The number of unbranched alkanes of at least 4 members (excludes halogenated alkanes) is 1. The maximum Gasteiger partial charge on any atom is 0.317 e. The molecule has 1 aromatic heterocycles. The molecule has 5 heteroatoms. The van der Waals surface area contributed by atoms with Crippen LogP contribution in [0.4, 0.5) is 6.01 Å². The van der Waals surface area contributed by atoms with Gasteiger partial charge in [-0.25, -0.2) is 0 Å². The molecule has 1 atom stereocenters. The fourth-order valence-electron chi connectivity index (χ4n) is 1.06. The lowest BCUT2D eigenvalue weighted by atomic mass is 10.3. The first-order chi connectivity index (χ1) is 6.65. The summed E-state index contributed by atoms with van der Waals surface area (Å²) in [4.78, 5) is 1.95. The van der Waals surface area contributed by atoms with Crippen molar-refractivity contribution in [2.24, 2.45) is 5.73 Å². The molecule has 0 bridgehead atoms. The Bertz CT molecular complexity index is 272. The van der Waals surface area contributed by atoms with Gasteiger partial charge in [-0.2, -0.15) is 0 Å². The highest BCUT2D eigenvalue weighted by molar-refractivity contribution is 5.21. The van der Waals surface area contributed by atoms with Crippen LogP contribution >= 0.6 is 0 Å². The molecular weight excluding hydrogens is 180 g/mol. The lowest BCUT2D eigenvalue weighted by molar-refractivity contribution is 0.460. The summed E-state index contributed by atoms with van der Waals surface area (Å²) in [5, 5.41) is 7.78. The minimum Gasteiger partial charge on any atom is -0.406 e. The first-order valence-electron chi connectivity index (χ1n) is 4.95. The van der Waals surface area contributed by atoms with E-state index >= 15 is 0 Å². The van der Waals surface area contributed by atoms with Crippen LogP contribution < -0.4 is 10.6 Å². The van der Waals surface area contributed by atoms with Crippen LogP contribution in [0.25, 0.3) is 0 Å². The molecule has 14 heavy (non-hydrogen) atoms. The van der Waals surface area contributed by atoms with Gasteiger partial charge < -0.3 is 15.1 Å². The molecule has 1 rings (SSSR count). The van der Waals surface area contributed by atoms with Crippen molar-refractivity contribution in [1.82, 2.24) is 10.2 Å². The fourth-order valence-corrected chi connectivity index (χ4v) is 1.06. The van der Waals surface area contributed by atoms with Crippen LogP contribution in [0, 0.1) is 0 Å². The molecule has 80 valence electrons. The van der Waals surface area contributed by atoms with Gasteiger partial charge in [0, 0.05) is 13.6 Å². The van der Waals surface area contributed by atoms with E-state index in [2.05, 4.69) is 17.1 Å². The zero-order chi connectivity index (χ0) is 10.6. The van der Waals surface area contributed by atoms with Crippen molar-refractivity contribution in [2.75, 3.05) is 18.5 Å². The maximum absolute atomic E-state index is 5.61. The van der Waals surface area contributed by atoms with E-state index in [1.807, 2.05) is 18.9 Å². The second-order valence-corrected chi connectivity index (χ2v) is 3.49. The Labute approximate surface area is 84.3 Å². The van der Waals surface area contributed by atoms with Gasteiger partial charge in [0.2, 0.25) is 5.89 Å². The van der Waals surface area contributed by atoms with Crippen LogP contribution in [-0.4, -0.2) is 23.8 Å². The van der Waals surface area contributed by atoms with Crippen LogP contribution in [0.3, 0.4) is 0 Å². The van der Waals surface area contributed by atoms with E-state index in [4.69, 9.17) is 10.2 Å². The average Bonchev–Trinajstić information content (AvgIpc) is 2.62. The Balaban J connectivity index is 2.57. The third-order valence-corrected chi connectivity index (χ3v) is 1.99. The third-order valence-electron chi connectivity index (χ3n) is 1.99. The van der Waals surface area contributed by atoms with Gasteiger partial charge in [0.25, 0.3) is 0 Å². The second kappa shape index (κ2) is 4.95. The molecule has 0 aliphatic rings. The average molecular weight is 198 g/mol. The number of anilines is 1. The molecular formula is C9H18N4O. The van der Waals surface area contributed by atoms with Crippen LogP contribution in [0.2, 0.25) is 0 Å². The minimum atomic E-state index is -0.198. The van der Waals surface area contributed by atoms with E-state index in [-0.39, 0.29) is 6.04 Å². The summed E-state index contributed by atoms with van der Waals surface area (Å²) in [6.07, 6.45) is 2.27. The second-order valence-electron chi connectivity index (χ2n) is 3.49. The van der Waals surface area contributed by atoms with Gasteiger partial charge in [-0.15, -0.1) is 5.10 Å². The highest BCUT2D eigenvalue weighted by Crippen LogP contribution is 2.14. The predicted octanol–water partition coefficient (Wildman–Crippen LogP) is 1.33. The summed E-state index contributed by atoms with van der Waals surface area (Å²) in [5.74, 6) is 0.489. The summed E-state index contributed by atoms with van der Waals surface area (Å²) in [5.41, 5.74) is 5.61. The lowest BCUT2D eigenvalue weighted by Gasteiger charge is -2.12. The molecule has 1 aromatic rings. The first kappa shape index (κ1) is 11.0. The Hall–Kier alpha value is -1.10. The molecule has 0 aliphatic heterocycles. The highest BCUT2D eigenvalue weighted by atomic mass is 16.4. The topological polar surface area (TPSA) is 68.2 Å². The van der Waals surface area contributed by atoms with Crippen LogP contribution in [-0.2, 0) is 0 Å². The molecule has 0 radical (unpaired) electrons. The zero-order valence-electron chi connectivity index (χ0n) is 9.03. The van der Waals surface area contributed by atoms with Crippen LogP contribution in [0.1, 0.15) is 38.6 Å². The van der Waals surface area contributed by atoms with E-state index < -0.39 is 0 Å². The monoisotopic (exact) mass is 198 g/mol. The van der Waals surface area contributed by atoms with Gasteiger partial charge in [0.1, 0.15) is 0 Å². The molecule has 0 aromatic carbocycles. The summed E-state index contributed by atoms with van der Waals surface area (Å²) in [7, 11) is 1.94. The predicted molar refractivity (Wildman–Crippen MR) is 55.1 cm³/mol. The zero-order valence-corrected chi connectivity index (χ0v) is 9.03. The van der Waals surface area contributed by atoms with E-state index in [1.54, 1.807) is 0 Å². The van der Waals surface area contributed by atoms with Crippen molar-refractivity contribution in [3.8, 4) is 0 Å². The molecule has 1 unspecified atom stereocenters. The standard InChI is InChI=1S/C9H18N4O/c1-4-5-6-13(3)9-12-11-8(14-9)7(2)10/h7H,4-6,10H2,1-3H3. The quantitative estimate of drug-likeness (QED) is 0.773. The van der Waals surface area contributed by atoms with Crippen molar-refractivity contribution < 1.29 is 4.42 Å². The number of nitrogens with zero attached hydrogens (tertiary/aromatic N) is 3. The van der Waals surface area contributed by atoms with Gasteiger partial charge >= 0.3 is 6.01 Å². The lowest BCUT2D eigenvalue weighted by Crippen LogP contribution is -2.18. The van der Waals surface area contributed by atoms with E-state index in [0.29, 0.717) is 11.9 Å². The summed E-state index contributed by atoms with van der Waals surface area (Å²) < 4.78 is 5.38. The van der Waals surface area contributed by atoms with Gasteiger partial charge in [-0.1, -0.05) is 18.4 Å². The Morgan fingerprint density at radius 2 is 2.21 bits per heavy atom. The van der Waals surface area contributed by atoms with Gasteiger partial charge in [0.05, 0.1) is 6.04 Å². The SMILES string of the molecule is CCCCN(C)c1nnc(C(C)N)o1. The molecule has 0 aliphatic carbocycles. The number of hydrogen-bond donors (Lipinski definition) is 1. The number of aromatic nitrogens is 2. The van der Waals surface area contributed by atoms with Crippen molar-refractivity contribution >= 4 is 6.01 Å². The minimum absolute atomic E-state index is 0.198. The summed E-state index contributed by atoms with van der Waals surface area (Å²) >= 11 is 0. The van der Waals surface area contributed by atoms with E-state index in [9.17, 15) is 0 Å². The largest absolute Gasteiger partial charge is 0.406 e. The molecule has 0 amide bonds. The van der Waals surface area contributed by atoms with Crippen LogP contribution in [0.15, 0.2) is 4.42 Å². The molecule has 1 heterocycles. The number of nitrogens with two attached hydrogens (primary N) is 1. The fraction of sp³-hybridized carbons (Fsp3) is 0.778.